The van der Waals surface area contributed by atoms with Gasteiger partial charge in [0.05, 0.1) is 15.6 Å². The monoisotopic (exact) mass is 233 g/mol. The van der Waals surface area contributed by atoms with Crippen molar-refractivity contribution in [1.29, 1.82) is 0 Å². The topological polar surface area (TPSA) is 80.4 Å². The normalized spacial score (nSPS) is 9.86. The Labute approximate surface area is 89.2 Å². The summed E-state index contributed by atoms with van der Waals surface area (Å²) in [5.74, 6) is -1.97. The molecular weight excluding hydrogens is 229 g/mol. The van der Waals surface area contributed by atoms with Gasteiger partial charge in [0, 0.05) is 5.56 Å². The smallest absolute Gasteiger partial charge is 0.338 e. The average Bonchev–Trinajstić information content (AvgIpc) is 2.01. The van der Waals surface area contributed by atoms with Gasteiger partial charge in [-0.25, -0.2) is 4.79 Å². The summed E-state index contributed by atoms with van der Waals surface area (Å²) >= 11 is 11.2. The van der Waals surface area contributed by atoms with Gasteiger partial charge in [-0.2, -0.15) is 0 Å². The van der Waals surface area contributed by atoms with Crippen molar-refractivity contribution in [2.24, 2.45) is 5.73 Å². The third kappa shape index (κ3) is 1.97. The molecule has 0 radical (unpaired) electrons. The molecule has 1 aromatic carbocycles. The Morgan fingerprint density at radius 3 is 1.93 bits per heavy atom. The van der Waals surface area contributed by atoms with Crippen molar-refractivity contribution in [2.45, 2.75) is 0 Å². The van der Waals surface area contributed by atoms with Crippen LogP contribution in [0.25, 0.3) is 0 Å². The molecule has 6 heteroatoms. The van der Waals surface area contributed by atoms with Crippen molar-refractivity contribution in [3.8, 4) is 0 Å². The van der Waals surface area contributed by atoms with E-state index < -0.39 is 11.9 Å². The molecule has 4 nitrogen and oxygen atoms in total. The van der Waals surface area contributed by atoms with Crippen LogP contribution in [0, 0.1) is 0 Å². The predicted octanol–water partition coefficient (Wildman–Crippen LogP) is 1.79. The molecule has 0 saturated heterocycles. The summed E-state index contributed by atoms with van der Waals surface area (Å²) in [6.45, 7) is 0. The molecule has 1 amide bonds. The highest BCUT2D eigenvalue weighted by atomic mass is 35.5. The summed E-state index contributed by atoms with van der Waals surface area (Å²) in [5, 5.41) is 8.47. The molecule has 0 unspecified atom stereocenters. The van der Waals surface area contributed by atoms with E-state index >= 15 is 0 Å². The molecular formula is C8H5Cl2NO3. The van der Waals surface area contributed by atoms with Gasteiger partial charge in [-0.15, -0.1) is 0 Å². The molecule has 0 aliphatic rings. The van der Waals surface area contributed by atoms with E-state index in [1.165, 1.54) is 12.1 Å². The molecule has 0 heterocycles. The standard InChI is InChI=1S/C8H5Cl2NO3/c9-4-1-3(7(11)12)2-5(10)6(4)8(13)14/h1-2H,(H2,11,12)(H,13,14). The van der Waals surface area contributed by atoms with Crippen LogP contribution >= 0.6 is 23.2 Å². The first-order valence-electron chi connectivity index (χ1n) is 3.45. The fourth-order valence-electron chi connectivity index (χ4n) is 0.920. The second-order valence-electron chi connectivity index (χ2n) is 2.48. The van der Waals surface area contributed by atoms with Crippen molar-refractivity contribution < 1.29 is 14.7 Å². The number of halogens is 2. The number of carbonyl (C=O) groups is 2. The lowest BCUT2D eigenvalue weighted by Crippen LogP contribution is -2.12. The number of carboxylic acid groups (broad SMARTS) is 1. The largest absolute Gasteiger partial charge is 0.478 e. The number of primary amides is 1. The number of carbonyl (C=O) groups excluding carboxylic acids is 1. The molecule has 14 heavy (non-hydrogen) atoms. The van der Waals surface area contributed by atoms with E-state index in [1.54, 1.807) is 0 Å². The van der Waals surface area contributed by atoms with E-state index in [9.17, 15) is 9.59 Å². The van der Waals surface area contributed by atoms with E-state index in [2.05, 4.69) is 0 Å². The van der Waals surface area contributed by atoms with E-state index in [4.69, 9.17) is 34.0 Å². The third-order valence-corrected chi connectivity index (χ3v) is 2.14. The van der Waals surface area contributed by atoms with Crippen molar-refractivity contribution in [3.63, 3.8) is 0 Å². The van der Waals surface area contributed by atoms with Gasteiger partial charge in [0.1, 0.15) is 0 Å². The van der Waals surface area contributed by atoms with Crippen LogP contribution in [0.2, 0.25) is 10.0 Å². The maximum absolute atomic E-state index is 10.7. The van der Waals surface area contributed by atoms with Crippen LogP contribution in [0.4, 0.5) is 0 Å². The number of hydrogen-bond acceptors (Lipinski definition) is 2. The summed E-state index contributed by atoms with van der Waals surface area (Å²) in [7, 11) is 0. The molecule has 0 fully saturated rings. The average molecular weight is 234 g/mol. The van der Waals surface area contributed by atoms with Crippen LogP contribution in [-0.4, -0.2) is 17.0 Å². The van der Waals surface area contributed by atoms with Gasteiger partial charge in [0.2, 0.25) is 5.91 Å². The van der Waals surface area contributed by atoms with Gasteiger partial charge in [-0.1, -0.05) is 23.2 Å². The zero-order valence-corrected chi connectivity index (χ0v) is 8.26. The van der Waals surface area contributed by atoms with E-state index in [0.717, 1.165) is 0 Å². The number of nitrogens with two attached hydrogens (primary N) is 1. The molecule has 1 aromatic rings. The lowest BCUT2D eigenvalue weighted by molar-refractivity contribution is 0.0696. The predicted molar refractivity (Wildman–Crippen MR) is 51.9 cm³/mol. The summed E-state index contributed by atoms with van der Waals surface area (Å²) < 4.78 is 0. The quantitative estimate of drug-likeness (QED) is 0.818. The van der Waals surface area contributed by atoms with E-state index in [1.807, 2.05) is 0 Å². The van der Waals surface area contributed by atoms with Crippen LogP contribution in [0.1, 0.15) is 20.7 Å². The Morgan fingerprint density at radius 1 is 1.21 bits per heavy atom. The lowest BCUT2D eigenvalue weighted by atomic mass is 10.1. The summed E-state index contributed by atoms with van der Waals surface area (Å²) in [4.78, 5) is 21.4. The Bertz CT molecular complexity index is 394. The van der Waals surface area contributed by atoms with Crippen LogP contribution in [0.15, 0.2) is 12.1 Å². The minimum Gasteiger partial charge on any atom is -0.478 e. The van der Waals surface area contributed by atoms with Gasteiger partial charge in [0.25, 0.3) is 0 Å². The summed E-state index contributed by atoms with van der Waals surface area (Å²) in [5.41, 5.74) is 4.81. The minimum absolute atomic E-state index is 0.0741. The SMILES string of the molecule is NC(=O)c1cc(Cl)c(C(=O)O)c(Cl)c1. The Kier molecular flexibility index (Phi) is 2.98. The zero-order valence-electron chi connectivity index (χ0n) is 6.75. The molecule has 0 aliphatic heterocycles. The first kappa shape index (κ1) is 10.8. The number of amides is 1. The number of carboxylic acids is 1. The maximum Gasteiger partial charge on any atom is 0.338 e. The van der Waals surface area contributed by atoms with Gasteiger partial charge in [-0.05, 0) is 12.1 Å². The molecule has 0 spiro atoms. The fraction of sp³-hybridized carbons (Fsp3) is 0. The van der Waals surface area contributed by atoms with Gasteiger partial charge in [0.15, 0.2) is 0 Å². The molecule has 0 saturated carbocycles. The number of rotatable bonds is 2. The number of benzene rings is 1. The number of aromatic carboxylic acids is 1. The Balaban J connectivity index is 3.39. The van der Waals surface area contributed by atoms with Crippen molar-refractivity contribution in [1.82, 2.24) is 0 Å². The maximum atomic E-state index is 10.7. The highest BCUT2D eigenvalue weighted by Crippen LogP contribution is 2.26. The first-order valence-corrected chi connectivity index (χ1v) is 4.21. The van der Waals surface area contributed by atoms with Crippen molar-refractivity contribution in [3.05, 3.63) is 33.3 Å². The highest BCUT2D eigenvalue weighted by Gasteiger charge is 2.16. The first-order chi connectivity index (χ1) is 6.43. The van der Waals surface area contributed by atoms with E-state index in [-0.39, 0.29) is 21.2 Å². The van der Waals surface area contributed by atoms with Crippen LogP contribution in [0.3, 0.4) is 0 Å². The van der Waals surface area contributed by atoms with E-state index in [0.29, 0.717) is 0 Å². The molecule has 1 rings (SSSR count). The van der Waals surface area contributed by atoms with Crippen LogP contribution in [-0.2, 0) is 0 Å². The zero-order chi connectivity index (χ0) is 10.9. The van der Waals surface area contributed by atoms with Crippen LogP contribution in [0.5, 0.6) is 0 Å². The number of hydrogen-bond donors (Lipinski definition) is 2. The van der Waals surface area contributed by atoms with Gasteiger partial charge >= 0.3 is 5.97 Å². The van der Waals surface area contributed by atoms with Crippen molar-refractivity contribution >= 4 is 35.1 Å². The molecule has 0 atom stereocenters. The summed E-state index contributed by atoms with van der Waals surface area (Å²) in [6, 6.07) is 2.33. The Morgan fingerprint density at radius 2 is 1.64 bits per heavy atom. The Hall–Kier alpha value is -1.26. The molecule has 0 aromatic heterocycles. The van der Waals surface area contributed by atoms with Crippen LogP contribution < -0.4 is 5.73 Å². The minimum atomic E-state index is -1.25. The lowest BCUT2D eigenvalue weighted by Gasteiger charge is -2.03. The second kappa shape index (κ2) is 3.86. The summed E-state index contributed by atoms with van der Waals surface area (Å²) in [6.07, 6.45) is 0. The molecule has 0 bridgehead atoms. The van der Waals surface area contributed by atoms with Crippen molar-refractivity contribution in [2.75, 3.05) is 0 Å². The molecule has 0 aliphatic carbocycles. The highest BCUT2D eigenvalue weighted by molar-refractivity contribution is 6.39. The van der Waals surface area contributed by atoms with Gasteiger partial charge in [-0.3, -0.25) is 4.79 Å². The van der Waals surface area contributed by atoms with Gasteiger partial charge < -0.3 is 10.8 Å². The fourth-order valence-corrected chi connectivity index (χ4v) is 1.57. The molecule has 74 valence electrons. The second-order valence-corrected chi connectivity index (χ2v) is 3.30. The third-order valence-electron chi connectivity index (χ3n) is 1.54. The molecule has 3 N–H and O–H groups in total.